The first-order chi connectivity index (χ1) is 8.79. The maximum absolute atomic E-state index is 11.5. The molecule has 0 unspecified atom stereocenters. The van der Waals surface area contributed by atoms with E-state index >= 15 is 0 Å². The summed E-state index contributed by atoms with van der Waals surface area (Å²) in [6, 6.07) is 2.73. The molecule has 0 aliphatic carbocycles. The summed E-state index contributed by atoms with van der Waals surface area (Å²) in [6.07, 6.45) is 2.31. The van der Waals surface area contributed by atoms with Crippen molar-refractivity contribution in [3.05, 3.63) is 28.4 Å². The Labute approximate surface area is 109 Å². The Hall–Kier alpha value is -1.94. The van der Waals surface area contributed by atoms with Crippen LogP contribution in [0.4, 0.5) is 5.82 Å². The number of rotatable bonds is 7. The summed E-state index contributed by atoms with van der Waals surface area (Å²) in [6.45, 7) is -0.401. The largest absolute Gasteiger partial charge is 0.358 e. The van der Waals surface area contributed by atoms with E-state index in [-0.39, 0.29) is 25.5 Å². The number of aromatic nitrogens is 1. The van der Waals surface area contributed by atoms with E-state index in [2.05, 4.69) is 9.50 Å². The lowest BCUT2D eigenvalue weighted by Crippen LogP contribution is -2.31. The predicted molar refractivity (Wildman–Crippen MR) is 64.9 cm³/mol. The molecule has 106 valence electrons. The summed E-state index contributed by atoms with van der Waals surface area (Å²) < 4.78 is 26.9. The van der Waals surface area contributed by atoms with E-state index in [4.69, 9.17) is 0 Å². The summed E-state index contributed by atoms with van der Waals surface area (Å²) in [4.78, 5) is 21.5. The lowest BCUT2D eigenvalue weighted by molar-refractivity contribution is -0.391. The molecule has 1 heterocycles. The minimum atomic E-state index is -3.54. The molecular weight excluding hydrogens is 278 g/mol. The summed E-state index contributed by atoms with van der Waals surface area (Å²) in [7, 11) is -3.54. The molecule has 1 aromatic heterocycles. The van der Waals surface area contributed by atoms with Gasteiger partial charge in [-0.05, 0) is 11.0 Å². The number of carbonyl (C=O) groups is 1. The van der Waals surface area contributed by atoms with Crippen molar-refractivity contribution in [2.45, 2.75) is 6.54 Å². The van der Waals surface area contributed by atoms with Gasteiger partial charge in [0.2, 0.25) is 0 Å². The SMILES string of the molecule is CS(=O)(=O)OCCNC(=O)Cn1cccc1[N+](=O)[O-]. The molecular formula is C9H13N3O6S. The van der Waals surface area contributed by atoms with Crippen molar-refractivity contribution in [2.75, 3.05) is 19.4 Å². The molecule has 0 saturated carbocycles. The number of hydrogen-bond donors (Lipinski definition) is 1. The van der Waals surface area contributed by atoms with Gasteiger partial charge < -0.3 is 15.4 Å². The van der Waals surface area contributed by atoms with E-state index in [1.807, 2.05) is 0 Å². The molecule has 0 aliphatic rings. The van der Waals surface area contributed by atoms with Crippen molar-refractivity contribution in [3.8, 4) is 0 Å². The van der Waals surface area contributed by atoms with E-state index in [1.54, 1.807) is 0 Å². The average molecular weight is 291 g/mol. The number of nitro groups is 1. The average Bonchev–Trinajstić information content (AvgIpc) is 2.71. The van der Waals surface area contributed by atoms with Crippen LogP contribution in [0.2, 0.25) is 0 Å². The van der Waals surface area contributed by atoms with E-state index in [9.17, 15) is 23.3 Å². The highest BCUT2D eigenvalue weighted by molar-refractivity contribution is 7.85. The van der Waals surface area contributed by atoms with Crippen molar-refractivity contribution < 1.29 is 22.3 Å². The van der Waals surface area contributed by atoms with Crippen LogP contribution in [0.3, 0.4) is 0 Å². The lowest BCUT2D eigenvalue weighted by atomic mass is 10.5. The minimum Gasteiger partial charge on any atom is -0.358 e. The van der Waals surface area contributed by atoms with Gasteiger partial charge >= 0.3 is 5.82 Å². The summed E-state index contributed by atoms with van der Waals surface area (Å²) in [5, 5.41) is 13.0. The zero-order valence-electron chi connectivity index (χ0n) is 10.1. The van der Waals surface area contributed by atoms with Gasteiger partial charge in [-0.3, -0.25) is 8.98 Å². The fourth-order valence-electron chi connectivity index (χ4n) is 1.30. The molecule has 1 rings (SSSR count). The van der Waals surface area contributed by atoms with Gasteiger partial charge in [0.05, 0.1) is 19.1 Å². The van der Waals surface area contributed by atoms with Crippen molar-refractivity contribution in [1.29, 1.82) is 0 Å². The first-order valence-electron chi connectivity index (χ1n) is 5.20. The van der Waals surface area contributed by atoms with Crippen LogP contribution in [-0.4, -0.2) is 43.2 Å². The molecule has 0 atom stereocenters. The molecule has 0 radical (unpaired) electrons. The predicted octanol–water partition coefficient (Wildman–Crippen LogP) is -0.511. The van der Waals surface area contributed by atoms with Crippen LogP contribution in [0.15, 0.2) is 18.3 Å². The zero-order valence-corrected chi connectivity index (χ0v) is 10.9. The second kappa shape index (κ2) is 6.29. The van der Waals surface area contributed by atoms with Crippen LogP contribution in [0.5, 0.6) is 0 Å². The minimum absolute atomic E-state index is 0.000962. The van der Waals surface area contributed by atoms with E-state index in [0.717, 1.165) is 6.26 Å². The van der Waals surface area contributed by atoms with Crippen molar-refractivity contribution in [1.82, 2.24) is 9.88 Å². The van der Waals surface area contributed by atoms with Gasteiger partial charge in [-0.2, -0.15) is 8.42 Å². The molecule has 1 aromatic rings. The Morgan fingerprint density at radius 2 is 2.26 bits per heavy atom. The van der Waals surface area contributed by atoms with Crippen LogP contribution in [0.25, 0.3) is 0 Å². The smallest absolute Gasteiger partial charge is 0.323 e. The molecule has 0 saturated heterocycles. The molecule has 10 heteroatoms. The lowest BCUT2D eigenvalue weighted by Gasteiger charge is -2.05. The highest BCUT2D eigenvalue weighted by Crippen LogP contribution is 2.11. The molecule has 19 heavy (non-hydrogen) atoms. The van der Waals surface area contributed by atoms with Crippen molar-refractivity contribution in [3.63, 3.8) is 0 Å². The number of nitrogens with one attached hydrogen (secondary N) is 1. The van der Waals surface area contributed by atoms with Crippen LogP contribution >= 0.6 is 0 Å². The maximum Gasteiger partial charge on any atom is 0.323 e. The molecule has 0 aromatic carbocycles. The molecule has 1 amide bonds. The second-order valence-electron chi connectivity index (χ2n) is 3.63. The summed E-state index contributed by atoms with van der Waals surface area (Å²) >= 11 is 0. The van der Waals surface area contributed by atoms with E-state index < -0.39 is 20.9 Å². The van der Waals surface area contributed by atoms with Crippen LogP contribution in [0.1, 0.15) is 0 Å². The fraction of sp³-hybridized carbons (Fsp3) is 0.444. The van der Waals surface area contributed by atoms with Gasteiger partial charge in [-0.1, -0.05) is 0 Å². The van der Waals surface area contributed by atoms with Gasteiger partial charge in [-0.25, -0.2) is 4.57 Å². The molecule has 0 fully saturated rings. The third-order valence-electron chi connectivity index (χ3n) is 2.03. The van der Waals surface area contributed by atoms with E-state index in [1.165, 1.54) is 22.9 Å². The van der Waals surface area contributed by atoms with Gasteiger partial charge in [0.25, 0.3) is 16.0 Å². The topological polar surface area (TPSA) is 121 Å². The van der Waals surface area contributed by atoms with Crippen molar-refractivity contribution in [2.24, 2.45) is 0 Å². The Balaban J connectivity index is 2.39. The Morgan fingerprint density at radius 3 is 2.84 bits per heavy atom. The zero-order chi connectivity index (χ0) is 14.5. The third-order valence-corrected chi connectivity index (χ3v) is 2.62. The number of carbonyl (C=O) groups excluding carboxylic acids is 1. The van der Waals surface area contributed by atoms with Crippen molar-refractivity contribution >= 4 is 21.8 Å². The third kappa shape index (κ3) is 5.48. The number of nitrogens with zero attached hydrogens (tertiary/aromatic N) is 2. The first kappa shape index (κ1) is 15.1. The Morgan fingerprint density at radius 1 is 1.58 bits per heavy atom. The molecule has 0 spiro atoms. The molecule has 1 N–H and O–H groups in total. The van der Waals surface area contributed by atoms with E-state index in [0.29, 0.717) is 0 Å². The summed E-state index contributed by atoms with van der Waals surface area (Å²) in [5.41, 5.74) is 0. The summed E-state index contributed by atoms with van der Waals surface area (Å²) in [5.74, 6) is -0.668. The van der Waals surface area contributed by atoms with Gasteiger partial charge in [0.15, 0.2) is 6.54 Å². The van der Waals surface area contributed by atoms with Gasteiger partial charge in [0.1, 0.15) is 0 Å². The standard InChI is InChI=1S/C9H13N3O6S/c1-19(16,17)18-6-4-10-8(13)7-11-5-2-3-9(11)12(14)15/h2-3,5H,4,6-7H2,1H3,(H,10,13). The first-order valence-corrected chi connectivity index (χ1v) is 7.02. The van der Waals surface area contributed by atoms with Crippen LogP contribution in [-0.2, 0) is 25.6 Å². The van der Waals surface area contributed by atoms with Crippen LogP contribution < -0.4 is 5.32 Å². The Bertz CT molecular complexity index is 564. The van der Waals surface area contributed by atoms with Gasteiger partial charge in [-0.15, -0.1) is 0 Å². The highest BCUT2D eigenvalue weighted by Gasteiger charge is 2.14. The molecule has 0 bridgehead atoms. The molecule has 0 aliphatic heterocycles. The number of amides is 1. The monoisotopic (exact) mass is 291 g/mol. The Kier molecular flexibility index (Phi) is 5.01. The normalized spacial score (nSPS) is 11.2. The fourth-order valence-corrected chi connectivity index (χ4v) is 1.68. The quantitative estimate of drug-likeness (QED) is 0.312. The second-order valence-corrected chi connectivity index (χ2v) is 5.27. The number of hydrogen-bond acceptors (Lipinski definition) is 6. The van der Waals surface area contributed by atoms with Gasteiger partial charge in [0, 0.05) is 12.6 Å². The highest BCUT2D eigenvalue weighted by atomic mass is 32.2. The molecule has 9 nitrogen and oxygen atoms in total. The van der Waals surface area contributed by atoms with Crippen LogP contribution in [0, 0.1) is 10.1 Å². The maximum atomic E-state index is 11.5.